The molecule has 2 atom stereocenters. The van der Waals surface area contributed by atoms with E-state index in [1.165, 1.54) is 6.42 Å². The molecule has 26 heavy (non-hydrogen) atoms. The van der Waals surface area contributed by atoms with Crippen molar-refractivity contribution in [3.05, 3.63) is 48.0 Å². The Morgan fingerprint density at radius 3 is 2.96 bits per heavy atom. The Morgan fingerprint density at radius 1 is 1.23 bits per heavy atom. The lowest BCUT2D eigenvalue weighted by atomic mass is 9.90. The predicted molar refractivity (Wildman–Crippen MR) is 101 cm³/mol. The number of anilines is 1. The monoisotopic (exact) mass is 353 g/mol. The number of hydrogen-bond acceptors (Lipinski definition) is 6. The van der Waals surface area contributed by atoms with Crippen molar-refractivity contribution in [1.82, 2.24) is 19.9 Å². The lowest BCUT2D eigenvalue weighted by Gasteiger charge is -2.39. The summed E-state index contributed by atoms with van der Waals surface area (Å²) >= 11 is 0. The van der Waals surface area contributed by atoms with E-state index < -0.39 is 0 Å². The van der Waals surface area contributed by atoms with E-state index in [1.54, 1.807) is 12.4 Å². The van der Waals surface area contributed by atoms with E-state index in [4.69, 9.17) is 4.74 Å². The smallest absolute Gasteiger partial charge is 0.222 e. The molecule has 6 heteroatoms. The maximum absolute atomic E-state index is 6.57. The fourth-order valence-electron chi connectivity index (χ4n) is 4.14. The number of hydrogen-bond donors (Lipinski definition) is 1. The largest absolute Gasteiger partial charge is 0.369 e. The predicted octanol–water partition coefficient (Wildman–Crippen LogP) is 2.81. The molecule has 2 saturated heterocycles. The maximum atomic E-state index is 6.57. The zero-order chi connectivity index (χ0) is 17.8. The molecule has 0 amide bonds. The molecule has 0 aromatic carbocycles. The molecule has 2 fully saturated rings. The SMILES string of the molecule is Cc1cccc(CN2CC[C@@]3(CCC[C@@H](CNc4ncccn4)O3)C2)n1. The third-order valence-corrected chi connectivity index (χ3v) is 5.36. The highest BCUT2D eigenvalue weighted by Crippen LogP contribution is 2.37. The Balaban J connectivity index is 1.32. The van der Waals surface area contributed by atoms with Gasteiger partial charge in [0, 0.05) is 44.3 Å². The van der Waals surface area contributed by atoms with Crippen molar-refractivity contribution in [2.75, 3.05) is 25.0 Å². The Morgan fingerprint density at radius 2 is 2.12 bits per heavy atom. The summed E-state index contributed by atoms with van der Waals surface area (Å²) in [6.45, 7) is 5.81. The summed E-state index contributed by atoms with van der Waals surface area (Å²) in [5.74, 6) is 0.675. The molecule has 0 saturated carbocycles. The molecule has 0 unspecified atom stereocenters. The van der Waals surface area contributed by atoms with Crippen molar-refractivity contribution < 1.29 is 4.74 Å². The van der Waals surface area contributed by atoms with Gasteiger partial charge in [0.1, 0.15) is 0 Å². The zero-order valence-electron chi connectivity index (χ0n) is 15.4. The zero-order valence-corrected chi connectivity index (χ0v) is 15.4. The first-order valence-electron chi connectivity index (χ1n) is 9.54. The summed E-state index contributed by atoms with van der Waals surface area (Å²) in [7, 11) is 0. The second-order valence-corrected chi connectivity index (χ2v) is 7.50. The lowest BCUT2D eigenvalue weighted by Crippen LogP contribution is -2.45. The molecule has 2 aromatic rings. The molecule has 4 heterocycles. The van der Waals surface area contributed by atoms with Crippen molar-refractivity contribution in [3.8, 4) is 0 Å². The Hall–Kier alpha value is -2.05. The van der Waals surface area contributed by atoms with Gasteiger partial charge in [-0.05, 0) is 50.8 Å². The minimum atomic E-state index is 0.00592. The van der Waals surface area contributed by atoms with Gasteiger partial charge in [-0.1, -0.05) is 6.07 Å². The van der Waals surface area contributed by atoms with Crippen molar-refractivity contribution in [2.24, 2.45) is 0 Å². The summed E-state index contributed by atoms with van der Waals surface area (Å²) in [4.78, 5) is 15.6. The molecule has 4 rings (SSSR count). The van der Waals surface area contributed by atoms with Crippen LogP contribution in [-0.4, -0.2) is 51.2 Å². The minimum absolute atomic E-state index is 0.00592. The summed E-state index contributed by atoms with van der Waals surface area (Å²) in [5, 5.41) is 3.31. The van der Waals surface area contributed by atoms with Gasteiger partial charge in [0.25, 0.3) is 0 Å². The van der Waals surface area contributed by atoms with E-state index in [0.29, 0.717) is 5.95 Å². The molecule has 0 aliphatic carbocycles. The highest BCUT2D eigenvalue weighted by atomic mass is 16.5. The van der Waals surface area contributed by atoms with Crippen LogP contribution in [0.25, 0.3) is 0 Å². The molecule has 2 aliphatic rings. The highest BCUT2D eigenvalue weighted by Gasteiger charge is 2.42. The fraction of sp³-hybridized carbons (Fsp3) is 0.550. The third kappa shape index (κ3) is 4.19. The summed E-state index contributed by atoms with van der Waals surface area (Å²) in [6, 6.07) is 8.08. The molecule has 1 spiro atoms. The van der Waals surface area contributed by atoms with Gasteiger partial charge in [0.2, 0.25) is 5.95 Å². The van der Waals surface area contributed by atoms with E-state index in [-0.39, 0.29) is 11.7 Å². The van der Waals surface area contributed by atoms with E-state index in [1.807, 2.05) is 19.1 Å². The van der Waals surface area contributed by atoms with Crippen molar-refractivity contribution >= 4 is 5.95 Å². The number of nitrogens with zero attached hydrogens (tertiary/aromatic N) is 4. The number of rotatable bonds is 5. The van der Waals surface area contributed by atoms with E-state index in [9.17, 15) is 0 Å². The topological polar surface area (TPSA) is 63.2 Å². The van der Waals surface area contributed by atoms with E-state index in [0.717, 1.165) is 56.8 Å². The molecular weight excluding hydrogens is 326 g/mol. The number of pyridine rings is 1. The highest BCUT2D eigenvalue weighted by molar-refractivity contribution is 5.22. The van der Waals surface area contributed by atoms with Gasteiger partial charge in [-0.15, -0.1) is 0 Å². The van der Waals surface area contributed by atoms with E-state index >= 15 is 0 Å². The van der Waals surface area contributed by atoms with Crippen LogP contribution in [0.15, 0.2) is 36.7 Å². The Labute approximate surface area is 155 Å². The van der Waals surface area contributed by atoms with E-state index in [2.05, 4.69) is 37.3 Å². The molecule has 6 nitrogen and oxygen atoms in total. The van der Waals surface area contributed by atoms with Crippen LogP contribution < -0.4 is 5.32 Å². The maximum Gasteiger partial charge on any atom is 0.222 e. The van der Waals surface area contributed by atoms with Crippen LogP contribution in [0.2, 0.25) is 0 Å². The van der Waals surface area contributed by atoms with Gasteiger partial charge in [-0.3, -0.25) is 9.88 Å². The molecule has 0 radical (unpaired) electrons. The van der Waals surface area contributed by atoms with Crippen LogP contribution in [0.3, 0.4) is 0 Å². The Bertz CT molecular complexity index is 725. The standard InChI is InChI=1S/C20H27N5O/c1-16-5-2-6-17(24-16)14-25-12-9-20(15-25)8-3-7-18(26-20)13-23-19-21-10-4-11-22-19/h2,4-6,10-11,18H,3,7-9,12-15H2,1H3,(H,21,22,23)/t18-,20-/m0/s1. The summed E-state index contributed by atoms with van der Waals surface area (Å²) < 4.78 is 6.57. The number of ether oxygens (including phenoxy) is 1. The number of aryl methyl sites for hydroxylation is 1. The second-order valence-electron chi connectivity index (χ2n) is 7.50. The van der Waals surface area contributed by atoms with Crippen LogP contribution in [0.5, 0.6) is 0 Å². The summed E-state index contributed by atoms with van der Waals surface area (Å²) in [6.07, 6.45) is 8.32. The number of aromatic nitrogens is 3. The molecule has 1 N–H and O–H groups in total. The van der Waals surface area contributed by atoms with Gasteiger partial charge >= 0.3 is 0 Å². The van der Waals surface area contributed by atoms with Crippen LogP contribution in [-0.2, 0) is 11.3 Å². The normalized spacial score (nSPS) is 26.3. The lowest BCUT2D eigenvalue weighted by molar-refractivity contribution is -0.115. The second kappa shape index (κ2) is 7.68. The number of nitrogens with one attached hydrogen (secondary N) is 1. The first kappa shape index (κ1) is 17.4. The van der Waals surface area contributed by atoms with Crippen molar-refractivity contribution in [2.45, 2.75) is 50.9 Å². The van der Waals surface area contributed by atoms with Gasteiger partial charge < -0.3 is 10.1 Å². The van der Waals surface area contributed by atoms with Gasteiger partial charge in [-0.2, -0.15) is 0 Å². The van der Waals surface area contributed by atoms with Crippen LogP contribution >= 0.6 is 0 Å². The Kier molecular flexibility index (Phi) is 5.13. The minimum Gasteiger partial charge on any atom is -0.369 e. The van der Waals surface area contributed by atoms with Gasteiger partial charge in [-0.25, -0.2) is 9.97 Å². The first-order chi connectivity index (χ1) is 12.7. The molecule has 2 aromatic heterocycles. The molecule has 138 valence electrons. The third-order valence-electron chi connectivity index (χ3n) is 5.36. The average Bonchev–Trinajstić information content (AvgIpc) is 3.02. The fourth-order valence-corrected chi connectivity index (χ4v) is 4.14. The quantitative estimate of drug-likeness (QED) is 0.892. The van der Waals surface area contributed by atoms with Crippen molar-refractivity contribution in [3.63, 3.8) is 0 Å². The van der Waals surface area contributed by atoms with Crippen LogP contribution in [0.4, 0.5) is 5.95 Å². The molecular formula is C20H27N5O. The summed E-state index contributed by atoms with van der Waals surface area (Å²) in [5.41, 5.74) is 2.24. The average molecular weight is 353 g/mol. The molecule has 0 bridgehead atoms. The number of likely N-dealkylation sites (tertiary alicyclic amines) is 1. The van der Waals surface area contributed by atoms with Gasteiger partial charge in [0.05, 0.1) is 17.4 Å². The van der Waals surface area contributed by atoms with Crippen LogP contribution in [0, 0.1) is 6.92 Å². The first-order valence-corrected chi connectivity index (χ1v) is 9.54. The van der Waals surface area contributed by atoms with Crippen molar-refractivity contribution in [1.29, 1.82) is 0 Å². The molecule has 2 aliphatic heterocycles. The van der Waals surface area contributed by atoms with Crippen LogP contribution in [0.1, 0.15) is 37.1 Å². The van der Waals surface area contributed by atoms with Gasteiger partial charge in [0.15, 0.2) is 0 Å².